The van der Waals surface area contributed by atoms with Crippen molar-refractivity contribution >= 4 is 21.5 Å². The molecule has 4 rings (SSSR count). The number of sulfonamides is 1. The Morgan fingerprint density at radius 2 is 1.50 bits per heavy atom. The number of nitrogens with one attached hydrogen (secondary N) is 1. The Hall–Kier alpha value is -2.18. The van der Waals surface area contributed by atoms with Crippen LogP contribution in [0.1, 0.15) is 49.9 Å². The van der Waals surface area contributed by atoms with E-state index < -0.39 is 10.0 Å². The number of carbonyl (C=O) groups excluding carboxylic acids is 1. The largest absolute Gasteiger partial charge is 0.379 e. The van der Waals surface area contributed by atoms with Gasteiger partial charge in [-0.05, 0) is 43.5 Å². The van der Waals surface area contributed by atoms with Gasteiger partial charge in [0.05, 0.1) is 4.90 Å². The lowest BCUT2D eigenvalue weighted by atomic mass is 9.84. The molecule has 2 aromatic carbocycles. The van der Waals surface area contributed by atoms with Crippen LogP contribution in [-0.2, 0) is 10.0 Å². The number of piperidine rings is 1. The molecule has 0 aromatic heterocycles. The van der Waals surface area contributed by atoms with Crippen LogP contribution in [0.5, 0.6) is 0 Å². The molecule has 6 heteroatoms. The minimum atomic E-state index is -3.46. The van der Waals surface area contributed by atoms with Crippen LogP contribution in [0.15, 0.2) is 59.5 Å². The number of hydrogen-bond donors (Lipinski definition) is 1. The number of fused-ring (bicyclic) bond motifs is 1. The summed E-state index contributed by atoms with van der Waals surface area (Å²) in [5.74, 6) is 0.157. The van der Waals surface area contributed by atoms with Gasteiger partial charge in [0.25, 0.3) is 0 Å². The van der Waals surface area contributed by atoms with Crippen molar-refractivity contribution in [1.82, 2.24) is 4.31 Å². The SMILES string of the molecule is CC.O=C1CCC2(CCN(S(=O)(=O)c3ccccc3)CC2)Nc2ccccc21. The van der Waals surface area contributed by atoms with Gasteiger partial charge in [0.2, 0.25) is 10.0 Å². The number of benzene rings is 2. The summed E-state index contributed by atoms with van der Waals surface area (Å²) >= 11 is 0. The van der Waals surface area contributed by atoms with Crippen LogP contribution in [0, 0.1) is 0 Å². The average molecular weight is 401 g/mol. The summed E-state index contributed by atoms with van der Waals surface area (Å²) in [6, 6.07) is 16.2. The number of rotatable bonds is 2. The average Bonchev–Trinajstić information content (AvgIpc) is 2.88. The number of carbonyl (C=O) groups is 1. The lowest BCUT2D eigenvalue weighted by Gasteiger charge is -2.42. The Kier molecular flexibility index (Phi) is 6.20. The van der Waals surface area contributed by atoms with Gasteiger partial charge in [-0.15, -0.1) is 0 Å². The quantitative estimate of drug-likeness (QED) is 0.815. The molecule has 5 nitrogen and oxygen atoms in total. The summed E-state index contributed by atoms with van der Waals surface area (Å²) in [5, 5.41) is 3.57. The summed E-state index contributed by atoms with van der Waals surface area (Å²) in [5.41, 5.74) is 1.39. The summed E-state index contributed by atoms with van der Waals surface area (Å²) in [4.78, 5) is 12.7. The maximum absolute atomic E-state index is 12.8. The third-order valence-corrected chi connectivity index (χ3v) is 7.43. The first-order valence-corrected chi connectivity index (χ1v) is 11.4. The minimum Gasteiger partial charge on any atom is -0.379 e. The second-order valence-electron chi connectivity index (χ2n) is 7.09. The van der Waals surface area contributed by atoms with Gasteiger partial charge >= 0.3 is 0 Å². The Balaban J connectivity index is 0.00000109. The fraction of sp³-hybridized carbons (Fsp3) is 0.409. The lowest BCUT2D eigenvalue weighted by Crippen LogP contribution is -2.50. The van der Waals surface area contributed by atoms with Crippen molar-refractivity contribution in [2.45, 2.75) is 50.0 Å². The highest BCUT2D eigenvalue weighted by molar-refractivity contribution is 7.89. The molecule has 1 N–H and O–H groups in total. The summed E-state index contributed by atoms with van der Waals surface area (Å²) in [6.45, 7) is 4.92. The number of hydrogen-bond acceptors (Lipinski definition) is 4. The molecule has 1 fully saturated rings. The highest BCUT2D eigenvalue weighted by Crippen LogP contribution is 2.37. The first kappa shape index (κ1) is 20.6. The smallest absolute Gasteiger partial charge is 0.243 e. The van der Waals surface area contributed by atoms with Gasteiger partial charge in [-0.1, -0.05) is 44.2 Å². The molecule has 0 bridgehead atoms. The number of ketones is 1. The Morgan fingerprint density at radius 1 is 0.893 bits per heavy atom. The summed E-state index contributed by atoms with van der Waals surface area (Å²) in [7, 11) is -3.46. The van der Waals surface area contributed by atoms with Crippen LogP contribution >= 0.6 is 0 Å². The molecular weight excluding hydrogens is 372 g/mol. The molecule has 0 amide bonds. The Labute approximate surface area is 167 Å². The van der Waals surface area contributed by atoms with E-state index in [4.69, 9.17) is 0 Å². The maximum Gasteiger partial charge on any atom is 0.243 e. The predicted molar refractivity (Wildman–Crippen MR) is 112 cm³/mol. The molecule has 0 radical (unpaired) electrons. The second kappa shape index (κ2) is 8.45. The fourth-order valence-corrected chi connectivity index (χ4v) is 5.40. The first-order valence-electron chi connectivity index (χ1n) is 9.96. The van der Waals surface area contributed by atoms with E-state index in [2.05, 4.69) is 5.32 Å². The van der Waals surface area contributed by atoms with Gasteiger partial charge in [0, 0.05) is 36.3 Å². The van der Waals surface area contributed by atoms with Crippen LogP contribution in [0.2, 0.25) is 0 Å². The van der Waals surface area contributed by atoms with Crippen LogP contribution in [-0.4, -0.2) is 37.1 Å². The second-order valence-corrected chi connectivity index (χ2v) is 9.03. The van der Waals surface area contributed by atoms with E-state index in [0.717, 1.165) is 17.7 Å². The van der Waals surface area contributed by atoms with Crippen molar-refractivity contribution in [3.63, 3.8) is 0 Å². The van der Waals surface area contributed by atoms with Crippen molar-refractivity contribution in [2.24, 2.45) is 0 Å². The molecule has 1 saturated heterocycles. The third kappa shape index (κ3) is 3.98. The molecule has 0 aliphatic carbocycles. The molecule has 1 spiro atoms. The minimum absolute atomic E-state index is 0.157. The predicted octanol–water partition coefficient (Wildman–Crippen LogP) is 4.32. The van der Waals surface area contributed by atoms with Crippen molar-refractivity contribution in [3.05, 3.63) is 60.2 Å². The number of Topliss-reactive ketones (excluding diaryl/α,β-unsaturated/α-hetero) is 1. The van der Waals surface area contributed by atoms with E-state index in [9.17, 15) is 13.2 Å². The lowest BCUT2D eigenvalue weighted by molar-refractivity contribution is 0.0971. The normalized spacial score (nSPS) is 19.0. The summed E-state index contributed by atoms with van der Waals surface area (Å²) < 4.78 is 27.2. The van der Waals surface area contributed by atoms with Crippen molar-refractivity contribution in [2.75, 3.05) is 18.4 Å². The van der Waals surface area contributed by atoms with Gasteiger partial charge in [-0.3, -0.25) is 4.79 Å². The molecule has 150 valence electrons. The Morgan fingerprint density at radius 3 is 2.18 bits per heavy atom. The van der Waals surface area contributed by atoms with E-state index in [1.54, 1.807) is 28.6 Å². The zero-order valence-electron chi connectivity index (χ0n) is 16.5. The molecule has 2 heterocycles. The van der Waals surface area contributed by atoms with Crippen molar-refractivity contribution in [3.8, 4) is 0 Å². The van der Waals surface area contributed by atoms with Gasteiger partial charge in [-0.25, -0.2) is 8.42 Å². The third-order valence-electron chi connectivity index (χ3n) is 5.52. The molecule has 0 saturated carbocycles. The van der Waals surface area contributed by atoms with E-state index >= 15 is 0 Å². The van der Waals surface area contributed by atoms with E-state index in [1.165, 1.54) is 0 Å². The van der Waals surface area contributed by atoms with E-state index in [-0.39, 0.29) is 11.3 Å². The fourth-order valence-electron chi connectivity index (χ4n) is 3.94. The van der Waals surface area contributed by atoms with Gasteiger partial charge in [0.1, 0.15) is 0 Å². The standard InChI is InChI=1S/C20H22N2O3S.C2H6/c23-19-10-11-20(21-18-9-5-4-8-17(18)19)12-14-22(15-13-20)26(24,25)16-6-2-1-3-7-16;1-2/h1-9,21H,10-15H2;1-2H3. The van der Waals surface area contributed by atoms with Crippen molar-refractivity contribution in [1.29, 1.82) is 0 Å². The zero-order chi connectivity index (χ0) is 20.2. The molecule has 2 aromatic rings. The van der Waals surface area contributed by atoms with Gasteiger partial charge in [0.15, 0.2) is 5.78 Å². The topological polar surface area (TPSA) is 66.5 Å². The van der Waals surface area contributed by atoms with E-state index in [1.807, 2.05) is 44.2 Å². The monoisotopic (exact) mass is 400 g/mol. The van der Waals surface area contributed by atoms with Gasteiger partial charge < -0.3 is 5.32 Å². The highest BCUT2D eigenvalue weighted by Gasteiger charge is 2.40. The van der Waals surface area contributed by atoms with Crippen LogP contribution in [0.4, 0.5) is 5.69 Å². The van der Waals surface area contributed by atoms with Crippen molar-refractivity contribution < 1.29 is 13.2 Å². The maximum atomic E-state index is 12.8. The zero-order valence-corrected chi connectivity index (χ0v) is 17.3. The molecular formula is C22H28N2O3S. The number of para-hydroxylation sites is 1. The number of nitrogens with zero attached hydrogens (tertiary/aromatic N) is 1. The molecule has 0 unspecified atom stereocenters. The first-order chi connectivity index (χ1) is 13.5. The van der Waals surface area contributed by atoms with Crippen LogP contribution in [0.3, 0.4) is 0 Å². The van der Waals surface area contributed by atoms with Gasteiger partial charge in [-0.2, -0.15) is 4.31 Å². The van der Waals surface area contributed by atoms with E-state index in [0.29, 0.717) is 37.2 Å². The summed E-state index contributed by atoms with van der Waals surface area (Å²) in [6.07, 6.45) is 2.62. The molecule has 28 heavy (non-hydrogen) atoms. The Bertz CT molecular complexity index is 918. The molecule has 2 aliphatic heterocycles. The number of anilines is 1. The highest BCUT2D eigenvalue weighted by atomic mass is 32.2. The van der Waals surface area contributed by atoms with Crippen LogP contribution in [0.25, 0.3) is 0 Å². The molecule has 0 atom stereocenters. The molecule has 2 aliphatic rings. The van der Waals surface area contributed by atoms with Crippen LogP contribution < -0.4 is 5.32 Å².